The molecule has 0 unspecified atom stereocenters. The highest BCUT2D eigenvalue weighted by molar-refractivity contribution is 6.02. The van der Waals surface area contributed by atoms with E-state index in [1.54, 1.807) is 6.92 Å². The molecule has 0 aliphatic carbocycles. The van der Waals surface area contributed by atoms with E-state index >= 15 is 0 Å². The zero-order valence-electron chi connectivity index (χ0n) is 11.2. The Morgan fingerprint density at radius 1 is 1.43 bits per heavy atom. The van der Waals surface area contributed by atoms with Crippen molar-refractivity contribution in [3.8, 4) is 0 Å². The number of nitro groups is 1. The van der Waals surface area contributed by atoms with Crippen LogP contribution in [0.15, 0.2) is 23.0 Å². The number of fused-ring (bicyclic) bond motifs is 3. The quantitative estimate of drug-likeness (QED) is 0.437. The van der Waals surface area contributed by atoms with Gasteiger partial charge in [0.1, 0.15) is 5.69 Å². The van der Waals surface area contributed by atoms with Crippen LogP contribution in [-0.4, -0.2) is 25.3 Å². The normalized spacial score (nSPS) is 11.1. The fourth-order valence-electron chi connectivity index (χ4n) is 2.41. The van der Waals surface area contributed by atoms with Gasteiger partial charge in [0.05, 0.1) is 16.0 Å². The monoisotopic (exact) mass is 286 g/mol. The van der Waals surface area contributed by atoms with E-state index in [2.05, 4.69) is 10.1 Å². The number of carbonyl (C=O) groups is 1. The standard InChI is InChI=1S/C13H10N4O4/c1-6-11(7(2)18)15-16-12(6)9-5-8(17(20)21)3-4-10(9)14-13(16)19/h3-5H,1-2H3,(H,14,19). The molecule has 1 aromatic carbocycles. The number of Topliss-reactive ketones (excluding diaryl/α,β-unsaturated/α-hetero) is 1. The maximum atomic E-state index is 12.0. The minimum absolute atomic E-state index is 0.0959. The van der Waals surface area contributed by atoms with Crippen LogP contribution in [-0.2, 0) is 0 Å². The van der Waals surface area contributed by atoms with Gasteiger partial charge < -0.3 is 4.98 Å². The SMILES string of the molecule is CC(=O)c1nn2c(=O)[nH]c3ccc([N+](=O)[O-])cc3c2c1C. The highest BCUT2D eigenvalue weighted by atomic mass is 16.6. The molecule has 0 saturated carbocycles. The molecule has 0 saturated heterocycles. The number of hydrogen-bond donors (Lipinski definition) is 1. The summed E-state index contributed by atoms with van der Waals surface area (Å²) in [6.45, 7) is 3.02. The number of carbonyl (C=O) groups excluding carboxylic acids is 1. The summed E-state index contributed by atoms with van der Waals surface area (Å²) in [7, 11) is 0. The van der Waals surface area contributed by atoms with Gasteiger partial charge in [-0.25, -0.2) is 4.79 Å². The van der Waals surface area contributed by atoms with Gasteiger partial charge in [-0.05, 0) is 13.0 Å². The molecule has 8 heteroatoms. The Labute approximate surface area is 117 Å². The van der Waals surface area contributed by atoms with Crippen LogP contribution in [0, 0.1) is 17.0 Å². The molecular formula is C13H10N4O4. The van der Waals surface area contributed by atoms with E-state index in [1.165, 1.54) is 25.1 Å². The molecule has 0 spiro atoms. The first-order valence-electron chi connectivity index (χ1n) is 6.11. The lowest BCUT2D eigenvalue weighted by molar-refractivity contribution is -0.384. The summed E-state index contributed by atoms with van der Waals surface area (Å²) in [6.07, 6.45) is 0. The topological polar surface area (TPSA) is 110 Å². The third kappa shape index (κ3) is 1.80. The van der Waals surface area contributed by atoms with Crippen molar-refractivity contribution >= 4 is 27.9 Å². The van der Waals surface area contributed by atoms with Gasteiger partial charge in [0.15, 0.2) is 5.78 Å². The van der Waals surface area contributed by atoms with Crippen molar-refractivity contribution in [2.45, 2.75) is 13.8 Å². The highest BCUT2D eigenvalue weighted by Crippen LogP contribution is 2.25. The van der Waals surface area contributed by atoms with Crippen LogP contribution < -0.4 is 5.69 Å². The average Bonchev–Trinajstić information content (AvgIpc) is 2.77. The molecule has 2 aromatic heterocycles. The predicted molar refractivity (Wildman–Crippen MR) is 74.7 cm³/mol. The summed E-state index contributed by atoms with van der Waals surface area (Å²) in [5.74, 6) is -0.269. The molecule has 8 nitrogen and oxygen atoms in total. The number of aromatic nitrogens is 3. The molecule has 0 bridgehead atoms. The van der Waals surface area contributed by atoms with E-state index in [9.17, 15) is 19.7 Å². The molecule has 2 heterocycles. The van der Waals surface area contributed by atoms with Crippen molar-refractivity contribution in [2.24, 2.45) is 0 Å². The van der Waals surface area contributed by atoms with E-state index in [1.807, 2.05) is 0 Å². The molecule has 0 radical (unpaired) electrons. The van der Waals surface area contributed by atoms with E-state index in [0.717, 1.165) is 4.52 Å². The number of rotatable bonds is 2. The zero-order chi connectivity index (χ0) is 15.3. The van der Waals surface area contributed by atoms with Crippen molar-refractivity contribution < 1.29 is 9.72 Å². The number of H-pyrrole nitrogens is 1. The van der Waals surface area contributed by atoms with Crippen molar-refractivity contribution in [1.29, 1.82) is 0 Å². The Balaban J connectivity index is 2.55. The summed E-state index contributed by atoms with van der Waals surface area (Å²) in [6, 6.07) is 4.14. The number of benzene rings is 1. The lowest BCUT2D eigenvalue weighted by atomic mass is 10.1. The first-order valence-corrected chi connectivity index (χ1v) is 6.11. The Morgan fingerprint density at radius 3 is 2.76 bits per heavy atom. The van der Waals surface area contributed by atoms with Crippen LogP contribution in [0.2, 0.25) is 0 Å². The van der Waals surface area contributed by atoms with Gasteiger partial charge >= 0.3 is 5.69 Å². The maximum Gasteiger partial charge on any atom is 0.347 e. The smallest absolute Gasteiger partial charge is 0.305 e. The summed E-state index contributed by atoms with van der Waals surface area (Å²) < 4.78 is 1.07. The Morgan fingerprint density at radius 2 is 2.14 bits per heavy atom. The number of aromatic amines is 1. The molecule has 106 valence electrons. The molecule has 21 heavy (non-hydrogen) atoms. The van der Waals surface area contributed by atoms with Crippen molar-refractivity contribution in [3.63, 3.8) is 0 Å². The third-order valence-electron chi connectivity index (χ3n) is 3.36. The van der Waals surface area contributed by atoms with Crippen molar-refractivity contribution in [2.75, 3.05) is 0 Å². The summed E-state index contributed by atoms with van der Waals surface area (Å²) in [4.78, 5) is 36.5. The van der Waals surface area contributed by atoms with E-state index in [4.69, 9.17) is 0 Å². The molecule has 0 aliphatic heterocycles. The third-order valence-corrected chi connectivity index (χ3v) is 3.36. The van der Waals surface area contributed by atoms with Crippen LogP contribution in [0.4, 0.5) is 5.69 Å². The van der Waals surface area contributed by atoms with Crippen LogP contribution in [0.3, 0.4) is 0 Å². The Kier molecular flexibility index (Phi) is 2.62. The molecule has 0 amide bonds. The molecule has 3 rings (SSSR count). The average molecular weight is 286 g/mol. The van der Waals surface area contributed by atoms with Gasteiger partial charge in [0.2, 0.25) is 0 Å². The number of nitro benzene ring substituents is 1. The zero-order valence-corrected chi connectivity index (χ0v) is 11.2. The van der Waals surface area contributed by atoms with Crippen LogP contribution in [0.1, 0.15) is 23.0 Å². The second-order valence-corrected chi connectivity index (χ2v) is 4.71. The van der Waals surface area contributed by atoms with Crippen molar-refractivity contribution in [3.05, 3.63) is 50.1 Å². The van der Waals surface area contributed by atoms with E-state index in [0.29, 0.717) is 22.0 Å². The Bertz CT molecular complexity index is 983. The van der Waals surface area contributed by atoms with Gasteiger partial charge in [-0.3, -0.25) is 14.9 Å². The molecule has 0 aliphatic rings. The van der Waals surface area contributed by atoms with Crippen molar-refractivity contribution in [1.82, 2.24) is 14.6 Å². The minimum atomic E-state index is -0.515. The molecule has 0 atom stereocenters. The van der Waals surface area contributed by atoms with Gasteiger partial charge in [-0.15, -0.1) is 0 Å². The summed E-state index contributed by atoms with van der Waals surface area (Å²) in [5, 5.41) is 15.4. The number of nitrogens with zero attached hydrogens (tertiary/aromatic N) is 3. The summed E-state index contributed by atoms with van der Waals surface area (Å²) >= 11 is 0. The fourth-order valence-corrected chi connectivity index (χ4v) is 2.41. The van der Waals surface area contributed by atoms with Gasteiger partial charge in [-0.1, -0.05) is 0 Å². The second-order valence-electron chi connectivity index (χ2n) is 4.71. The molecule has 0 fully saturated rings. The lowest BCUT2D eigenvalue weighted by Gasteiger charge is -2.01. The summed E-state index contributed by atoms with van der Waals surface area (Å²) in [5.41, 5.74) is 0.973. The van der Waals surface area contributed by atoms with Crippen LogP contribution in [0.5, 0.6) is 0 Å². The predicted octanol–water partition coefficient (Wildman–Crippen LogP) is 1.60. The first kappa shape index (κ1) is 13.0. The molecule has 1 N–H and O–H groups in total. The molecule has 3 aromatic rings. The van der Waals surface area contributed by atoms with Gasteiger partial charge in [0, 0.05) is 30.0 Å². The largest absolute Gasteiger partial charge is 0.347 e. The lowest BCUT2D eigenvalue weighted by Crippen LogP contribution is -2.17. The Hall–Kier alpha value is -3.03. The van der Waals surface area contributed by atoms with Crippen LogP contribution in [0.25, 0.3) is 16.4 Å². The number of non-ortho nitro benzene ring substituents is 1. The highest BCUT2D eigenvalue weighted by Gasteiger charge is 2.18. The van der Waals surface area contributed by atoms with Gasteiger partial charge in [0.25, 0.3) is 5.69 Å². The van der Waals surface area contributed by atoms with Gasteiger partial charge in [-0.2, -0.15) is 9.61 Å². The maximum absolute atomic E-state index is 12.0. The second kappa shape index (κ2) is 4.23. The number of nitrogens with one attached hydrogen (secondary N) is 1. The van der Waals surface area contributed by atoms with E-state index in [-0.39, 0.29) is 17.2 Å². The number of ketones is 1. The van der Waals surface area contributed by atoms with E-state index < -0.39 is 10.6 Å². The minimum Gasteiger partial charge on any atom is -0.305 e. The first-order chi connectivity index (χ1) is 9.90. The number of aryl methyl sites for hydroxylation is 1. The fraction of sp³-hybridized carbons (Fsp3) is 0.154. The van der Waals surface area contributed by atoms with Crippen LogP contribution >= 0.6 is 0 Å². The number of hydrogen-bond acceptors (Lipinski definition) is 5. The molecular weight excluding hydrogens is 276 g/mol.